The van der Waals surface area contributed by atoms with Crippen molar-refractivity contribution in [3.05, 3.63) is 0 Å². The molecule has 0 saturated carbocycles. The highest BCUT2D eigenvalue weighted by Gasteiger charge is 2.39. The van der Waals surface area contributed by atoms with E-state index in [9.17, 15) is 4.79 Å². The van der Waals surface area contributed by atoms with Gasteiger partial charge in [0.1, 0.15) is 0 Å². The first kappa shape index (κ1) is 12.3. The molecule has 0 amide bonds. The Morgan fingerprint density at radius 1 is 1.15 bits per heavy atom. The van der Waals surface area contributed by atoms with Crippen LogP contribution in [0.5, 0.6) is 0 Å². The van der Waals surface area contributed by atoms with Gasteiger partial charge in [-0.25, -0.2) is 4.79 Å². The molecule has 0 saturated heterocycles. The SMILES string of the molecule is COCCC(OC)(OC)C(=O)OC. The van der Waals surface area contributed by atoms with Gasteiger partial charge in [0.05, 0.1) is 13.7 Å². The second kappa shape index (κ2) is 5.90. The van der Waals surface area contributed by atoms with Crippen LogP contribution in [-0.4, -0.2) is 46.8 Å². The predicted molar refractivity (Wildman–Crippen MR) is 45.3 cm³/mol. The van der Waals surface area contributed by atoms with Crippen molar-refractivity contribution in [2.45, 2.75) is 12.2 Å². The molecule has 0 aromatic carbocycles. The minimum Gasteiger partial charge on any atom is -0.465 e. The topological polar surface area (TPSA) is 54.0 Å². The molecule has 0 unspecified atom stereocenters. The zero-order chi connectivity index (χ0) is 10.3. The summed E-state index contributed by atoms with van der Waals surface area (Å²) in [5.74, 6) is -1.90. The number of carbonyl (C=O) groups excluding carboxylic acids is 1. The molecule has 0 aromatic heterocycles. The fraction of sp³-hybridized carbons (Fsp3) is 0.875. The summed E-state index contributed by atoms with van der Waals surface area (Å²) in [7, 11) is 5.58. The van der Waals surface area contributed by atoms with Crippen molar-refractivity contribution >= 4 is 5.97 Å². The van der Waals surface area contributed by atoms with Gasteiger partial charge in [0.2, 0.25) is 0 Å². The van der Waals surface area contributed by atoms with Gasteiger partial charge in [0.15, 0.2) is 0 Å². The average Bonchev–Trinajstić information content (AvgIpc) is 2.19. The predicted octanol–water partition coefficient (Wildman–Crippen LogP) is 0.185. The first-order chi connectivity index (χ1) is 6.16. The van der Waals surface area contributed by atoms with Crippen molar-refractivity contribution in [3.8, 4) is 0 Å². The molecule has 13 heavy (non-hydrogen) atoms. The second-order valence-corrected chi connectivity index (χ2v) is 2.40. The number of hydrogen-bond acceptors (Lipinski definition) is 5. The highest BCUT2D eigenvalue weighted by atomic mass is 16.7. The Kier molecular flexibility index (Phi) is 5.61. The lowest BCUT2D eigenvalue weighted by Crippen LogP contribution is -2.44. The minimum atomic E-state index is -1.34. The lowest BCUT2D eigenvalue weighted by atomic mass is 10.2. The van der Waals surface area contributed by atoms with E-state index in [0.717, 1.165) is 0 Å². The number of carbonyl (C=O) groups is 1. The van der Waals surface area contributed by atoms with E-state index in [-0.39, 0.29) is 0 Å². The van der Waals surface area contributed by atoms with Gasteiger partial charge in [-0.1, -0.05) is 0 Å². The van der Waals surface area contributed by atoms with Gasteiger partial charge in [0.25, 0.3) is 5.79 Å². The van der Waals surface area contributed by atoms with Gasteiger partial charge in [-0.2, -0.15) is 0 Å². The molecule has 0 radical (unpaired) electrons. The Hall–Kier alpha value is -0.650. The minimum absolute atomic E-state index is 0.295. The van der Waals surface area contributed by atoms with E-state index in [1.165, 1.54) is 28.4 Å². The van der Waals surface area contributed by atoms with E-state index in [0.29, 0.717) is 13.0 Å². The highest BCUT2D eigenvalue weighted by molar-refractivity contribution is 5.77. The summed E-state index contributed by atoms with van der Waals surface area (Å²) in [5.41, 5.74) is 0. The van der Waals surface area contributed by atoms with Gasteiger partial charge >= 0.3 is 5.97 Å². The van der Waals surface area contributed by atoms with E-state index in [1.54, 1.807) is 0 Å². The van der Waals surface area contributed by atoms with Crippen LogP contribution in [0.15, 0.2) is 0 Å². The molecule has 0 aliphatic rings. The van der Waals surface area contributed by atoms with Crippen LogP contribution in [-0.2, 0) is 23.7 Å². The Labute approximate surface area is 77.9 Å². The van der Waals surface area contributed by atoms with Crippen molar-refractivity contribution in [2.24, 2.45) is 0 Å². The molecule has 0 N–H and O–H groups in total. The van der Waals surface area contributed by atoms with Crippen molar-refractivity contribution < 1.29 is 23.7 Å². The molecule has 0 bridgehead atoms. The maximum atomic E-state index is 11.3. The Balaban J connectivity index is 4.39. The Bertz CT molecular complexity index is 153. The summed E-state index contributed by atoms with van der Waals surface area (Å²) in [6.45, 7) is 0.358. The van der Waals surface area contributed by atoms with Crippen LogP contribution in [0.25, 0.3) is 0 Å². The van der Waals surface area contributed by atoms with Gasteiger partial charge in [0, 0.05) is 27.8 Å². The lowest BCUT2D eigenvalue weighted by Gasteiger charge is -2.27. The normalized spacial score (nSPS) is 11.4. The molecule has 0 fully saturated rings. The first-order valence-corrected chi connectivity index (χ1v) is 3.84. The van der Waals surface area contributed by atoms with Gasteiger partial charge in [-0.15, -0.1) is 0 Å². The lowest BCUT2D eigenvalue weighted by molar-refractivity contribution is -0.233. The molecule has 78 valence electrons. The van der Waals surface area contributed by atoms with Crippen LogP contribution in [0.4, 0.5) is 0 Å². The molecule has 0 atom stereocenters. The fourth-order valence-corrected chi connectivity index (χ4v) is 0.948. The summed E-state index contributed by atoms with van der Waals surface area (Å²) in [5, 5.41) is 0. The molecule has 0 spiro atoms. The van der Waals surface area contributed by atoms with Crippen LogP contribution in [0.1, 0.15) is 6.42 Å². The monoisotopic (exact) mass is 192 g/mol. The smallest absolute Gasteiger partial charge is 0.366 e. The number of esters is 1. The van der Waals surface area contributed by atoms with Gasteiger partial charge in [-0.3, -0.25) is 0 Å². The number of rotatable bonds is 6. The van der Waals surface area contributed by atoms with E-state index < -0.39 is 11.8 Å². The third kappa shape index (κ3) is 2.95. The van der Waals surface area contributed by atoms with Crippen LogP contribution >= 0.6 is 0 Å². The zero-order valence-corrected chi connectivity index (χ0v) is 8.46. The first-order valence-electron chi connectivity index (χ1n) is 3.84. The van der Waals surface area contributed by atoms with Gasteiger partial charge < -0.3 is 18.9 Å². The Morgan fingerprint density at radius 2 is 1.69 bits per heavy atom. The third-order valence-electron chi connectivity index (χ3n) is 1.79. The fourth-order valence-electron chi connectivity index (χ4n) is 0.948. The molecule has 0 aromatic rings. The summed E-state index contributed by atoms with van der Waals surface area (Å²) < 4.78 is 19.3. The van der Waals surface area contributed by atoms with Crippen molar-refractivity contribution in [1.82, 2.24) is 0 Å². The summed E-state index contributed by atoms with van der Waals surface area (Å²) in [4.78, 5) is 11.3. The van der Waals surface area contributed by atoms with Crippen molar-refractivity contribution in [2.75, 3.05) is 35.0 Å². The quantitative estimate of drug-likeness (QED) is 0.444. The molecule has 0 aliphatic carbocycles. The molecular weight excluding hydrogens is 176 g/mol. The molecule has 0 rings (SSSR count). The van der Waals surface area contributed by atoms with Crippen LogP contribution in [0.3, 0.4) is 0 Å². The molecular formula is C8H16O5. The Morgan fingerprint density at radius 3 is 2.00 bits per heavy atom. The standard InChI is InChI=1S/C8H16O5/c1-10-6-5-8(12-3,13-4)7(9)11-2/h5-6H2,1-4H3. The summed E-state index contributed by atoms with van der Waals surface area (Å²) in [6.07, 6.45) is 0.295. The molecule has 5 heteroatoms. The van der Waals surface area contributed by atoms with Crippen LogP contribution < -0.4 is 0 Å². The van der Waals surface area contributed by atoms with E-state index in [4.69, 9.17) is 14.2 Å². The zero-order valence-electron chi connectivity index (χ0n) is 8.46. The van der Waals surface area contributed by atoms with Crippen LogP contribution in [0.2, 0.25) is 0 Å². The number of hydrogen-bond donors (Lipinski definition) is 0. The third-order valence-corrected chi connectivity index (χ3v) is 1.79. The number of ether oxygens (including phenoxy) is 4. The molecule has 0 aliphatic heterocycles. The maximum Gasteiger partial charge on any atom is 0.366 e. The van der Waals surface area contributed by atoms with Crippen LogP contribution in [0, 0.1) is 0 Å². The van der Waals surface area contributed by atoms with Gasteiger partial charge in [-0.05, 0) is 0 Å². The molecule has 5 nitrogen and oxygen atoms in total. The van der Waals surface area contributed by atoms with Crippen molar-refractivity contribution in [3.63, 3.8) is 0 Å². The van der Waals surface area contributed by atoms with E-state index in [2.05, 4.69) is 4.74 Å². The number of methoxy groups -OCH3 is 4. The van der Waals surface area contributed by atoms with Crippen molar-refractivity contribution in [1.29, 1.82) is 0 Å². The summed E-state index contributed by atoms with van der Waals surface area (Å²) >= 11 is 0. The maximum absolute atomic E-state index is 11.3. The average molecular weight is 192 g/mol. The van der Waals surface area contributed by atoms with E-state index >= 15 is 0 Å². The summed E-state index contributed by atoms with van der Waals surface area (Å²) in [6, 6.07) is 0. The highest BCUT2D eigenvalue weighted by Crippen LogP contribution is 2.17. The largest absolute Gasteiger partial charge is 0.465 e. The molecule has 0 heterocycles. The van der Waals surface area contributed by atoms with E-state index in [1.807, 2.05) is 0 Å². The second-order valence-electron chi connectivity index (χ2n) is 2.40.